The monoisotopic (exact) mass is 447 g/mol. The molecule has 1 fully saturated rings. The highest BCUT2D eigenvalue weighted by Gasteiger charge is 2.27. The van der Waals surface area contributed by atoms with Gasteiger partial charge in [-0.2, -0.15) is 5.10 Å². The van der Waals surface area contributed by atoms with Crippen molar-refractivity contribution >= 4 is 17.5 Å². The number of nitro benzene ring substituents is 1. The Balaban J connectivity index is 1.73. The molecule has 1 aliphatic rings. The van der Waals surface area contributed by atoms with E-state index in [4.69, 9.17) is 5.10 Å². The molecule has 4 rings (SSSR count). The maximum atomic E-state index is 13.5. The van der Waals surface area contributed by atoms with E-state index in [1.165, 1.54) is 19.1 Å². The van der Waals surface area contributed by atoms with Crippen molar-refractivity contribution in [3.05, 3.63) is 75.5 Å². The van der Waals surface area contributed by atoms with Gasteiger partial charge in [0.25, 0.3) is 11.6 Å². The van der Waals surface area contributed by atoms with Gasteiger partial charge in [0.05, 0.1) is 16.3 Å². The number of rotatable bonds is 4. The first-order chi connectivity index (χ1) is 15.7. The van der Waals surface area contributed by atoms with Crippen LogP contribution < -0.4 is 0 Å². The average Bonchev–Trinajstić information content (AvgIpc) is 3.23. The van der Waals surface area contributed by atoms with E-state index in [0.717, 1.165) is 16.8 Å². The predicted octanol–water partition coefficient (Wildman–Crippen LogP) is 3.37. The third-order valence-corrected chi connectivity index (χ3v) is 5.90. The molecule has 0 unspecified atom stereocenters. The van der Waals surface area contributed by atoms with Crippen LogP contribution in [0.1, 0.15) is 28.5 Å². The zero-order valence-corrected chi connectivity index (χ0v) is 18.8. The van der Waals surface area contributed by atoms with Gasteiger partial charge < -0.3 is 9.80 Å². The number of aromatic nitrogens is 2. The highest BCUT2D eigenvalue weighted by molar-refractivity contribution is 5.94. The number of amides is 2. The molecule has 2 amide bonds. The largest absolute Gasteiger partial charge is 0.339 e. The zero-order valence-electron chi connectivity index (χ0n) is 18.8. The number of aryl methyl sites for hydroxylation is 2. The maximum Gasteiger partial charge on any atom is 0.272 e. The lowest BCUT2D eigenvalue weighted by atomic mass is 10.1. The first-order valence-electron chi connectivity index (χ1n) is 10.7. The highest BCUT2D eigenvalue weighted by atomic mass is 16.6. The van der Waals surface area contributed by atoms with Crippen molar-refractivity contribution in [3.8, 4) is 16.9 Å². The van der Waals surface area contributed by atoms with Gasteiger partial charge >= 0.3 is 0 Å². The minimum atomic E-state index is -0.451. The summed E-state index contributed by atoms with van der Waals surface area (Å²) < 4.78 is 1.64. The maximum absolute atomic E-state index is 13.5. The van der Waals surface area contributed by atoms with E-state index >= 15 is 0 Å². The number of nitro groups is 1. The SMILES string of the molecule is CC(=O)N1CCN(C(=O)c2cc(-c3ccc([N+](=O)[O-])cc3)nn2-c2ccc(C)cc2C)CC1. The van der Waals surface area contributed by atoms with Gasteiger partial charge in [0.1, 0.15) is 5.69 Å². The molecule has 0 atom stereocenters. The highest BCUT2D eigenvalue weighted by Crippen LogP contribution is 2.26. The molecule has 33 heavy (non-hydrogen) atoms. The van der Waals surface area contributed by atoms with Gasteiger partial charge in [-0.25, -0.2) is 4.68 Å². The Morgan fingerprint density at radius 3 is 2.15 bits per heavy atom. The van der Waals surface area contributed by atoms with Crippen LogP contribution in [0.2, 0.25) is 0 Å². The Morgan fingerprint density at radius 2 is 1.58 bits per heavy atom. The second kappa shape index (κ2) is 8.85. The van der Waals surface area contributed by atoms with Crippen LogP contribution >= 0.6 is 0 Å². The van der Waals surface area contributed by atoms with E-state index in [1.54, 1.807) is 32.7 Å². The normalized spacial score (nSPS) is 13.8. The number of piperazine rings is 1. The first-order valence-corrected chi connectivity index (χ1v) is 10.7. The Hall–Kier alpha value is -4.01. The van der Waals surface area contributed by atoms with Crippen molar-refractivity contribution < 1.29 is 14.5 Å². The van der Waals surface area contributed by atoms with Crippen molar-refractivity contribution in [2.45, 2.75) is 20.8 Å². The number of non-ortho nitro benzene ring substituents is 1. The molecule has 1 aliphatic heterocycles. The summed E-state index contributed by atoms with van der Waals surface area (Å²) in [6.07, 6.45) is 0. The fourth-order valence-electron chi connectivity index (χ4n) is 4.04. The Kier molecular flexibility index (Phi) is 5.95. The molecule has 9 nitrogen and oxygen atoms in total. The van der Waals surface area contributed by atoms with Crippen LogP contribution in [0.25, 0.3) is 16.9 Å². The van der Waals surface area contributed by atoms with Crippen molar-refractivity contribution in [1.29, 1.82) is 0 Å². The molecule has 0 N–H and O–H groups in total. The van der Waals surface area contributed by atoms with E-state index in [-0.39, 0.29) is 17.5 Å². The summed E-state index contributed by atoms with van der Waals surface area (Å²) in [5.41, 5.74) is 4.50. The lowest BCUT2D eigenvalue weighted by Crippen LogP contribution is -2.50. The van der Waals surface area contributed by atoms with Gasteiger partial charge in [-0.15, -0.1) is 0 Å². The summed E-state index contributed by atoms with van der Waals surface area (Å²) in [6.45, 7) is 7.38. The third kappa shape index (κ3) is 4.48. The molecule has 9 heteroatoms. The standard InChI is InChI=1S/C24H25N5O4/c1-16-4-9-22(17(2)14-16)28-23(24(31)27-12-10-26(11-13-27)18(3)30)15-21(25-28)19-5-7-20(8-6-19)29(32)33/h4-9,14-15H,10-13H2,1-3H3. The fraction of sp³-hybridized carbons (Fsp3) is 0.292. The fourth-order valence-corrected chi connectivity index (χ4v) is 4.04. The number of carbonyl (C=O) groups excluding carboxylic acids is 2. The summed E-state index contributed by atoms with van der Waals surface area (Å²) in [6, 6.07) is 13.8. The molecule has 0 radical (unpaired) electrons. The zero-order chi connectivity index (χ0) is 23.7. The molecule has 1 aromatic heterocycles. The number of hydrogen-bond acceptors (Lipinski definition) is 5. The van der Waals surface area contributed by atoms with Crippen molar-refractivity contribution in [3.63, 3.8) is 0 Å². The van der Waals surface area contributed by atoms with Crippen LogP contribution in [-0.4, -0.2) is 62.5 Å². The summed E-state index contributed by atoms with van der Waals surface area (Å²) in [7, 11) is 0. The lowest BCUT2D eigenvalue weighted by Gasteiger charge is -2.34. The van der Waals surface area contributed by atoms with Crippen LogP contribution in [0.5, 0.6) is 0 Å². The summed E-state index contributed by atoms with van der Waals surface area (Å²) >= 11 is 0. The molecule has 0 spiro atoms. The van der Waals surface area contributed by atoms with Crippen molar-refractivity contribution in [2.75, 3.05) is 26.2 Å². The van der Waals surface area contributed by atoms with Crippen LogP contribution in [0.4, 0.5) is 5.69 Å². The summed E-state index contributed by atoms with van der Waals surface area (Å²) in [5, 5.41) is 15.7. The van der Waals surface area contributed by atoms with E-state index in [1.807, 2.05) is 32.0 Å². The van der Waals surface area contributed by atoms with Gasteiger partial charge in [-0.1, -0.05) is 17.7 Å². The molecule has 2 heterocycles. The number of hydrogen-bond donors (Lipinski definition) is 0. The quantitative estimate of drug-likeness (QED) is 0.451. The Labute approximate surface area is 191 Å². The molecule has 170 valence electrons. The minimum Gasteiger partial charge on any atom is -0.339 e. The van der Waals surface area contributed by atoms with E-state index in [0.29, 0.717) is 43.1 Å². The average molecular weight is 447 g/mol. The smallest absolute Gasteiger partial charge is 0.272 e. The molecule has 3 aromatic rings. The molecule has 0 aliphatic carbocycles. The van der Waals surface area contributed by atoms with Crippen LogP contribution in [0.3, 0.4) is 0 Å². The summed E-state index contributed by atoms with van der Waals surface area (Å²) in [4.78, 5) is 39.2. The van der Waals surface area contributed by atoms with E-state index in [9.17, 15) is 19.7 Å². The van der Waals surface area contributed by atoms with Gasteiger partial charge in [0, 0.05) is 50.8 Å². The topological polar surface area (TPSA) is 102 Å². The van der Waals surface area contributed by atoms with Gasteiger partial charge in [-0.05, 0) is 43.7 Å². The third-order valence-electron chi connectivity index (χ3n) is 5.90. The second-order valence-electron chi connectivity index (χ2n) is 8.22. The molecule has 1 saturated heterocycles. The van der Waals surface area contributed by atoms with Crippen molar-refractivity contribution in [2.24, 2.45) is 0 Å². The van der Waals surface area contributed by atoms with Crippen molar-refractivity contribution in [1.82, 2.24) is 19.6 Å². The van der Waals surface area contributed by atoms with Gasteiger partial charge in [-0.3, -0.25) is 19.7 Å². The van der Waals surface area contributed by atoms with E-state index in [2.05, 4.69) is 0 Å². The number of benzene rings is 2. The summed E-state index contributed by atoms with van der Waals surface area (Å²) in [5.74, 6) is -0.165. The Morgan fingerprint density at radius 1 is 0.939 bits per heavy atom. The molecular formula is C24H25N5O4. The van der Waals surface area contributed by atoms with E-state index < -0.39 is 4.92 Å². The van der Waals surface area contributed by atoms with Crippen LogP contribution in [0, 0.1) is 24.0 Å². The molecule has 2 aromatic carbocycles. The van der Waals surface area contributed by atoms with Gasteiger partial charge in [0.15, 0.2) is 0 Å². The second-order valence-corrected chi connectivity index (χ2v) is 8.22. The minimum absolute atomic E-state index is 0.00267. The first kappa shape index (κ1) is 22.2. The van der Waals surface area contributed by atoms with Crippen LogP contribution in [0.15, 0.2) is 48.5 Å². The molecular weight excluding hydrogens is 422 g/mol. The number of nitrogens with zero attached hydrogens (tertiary/aromatic N) is 5. The van der Waals surface area contributed by atoms with Crippen LogP contribution in [-0.2, 0) is 4.79 Å². The Bertz CT molecular complexity index is 1220. The van der Waals surface area contributed by atoms with Gasteiger partial charge in [0.2, 0.25) is 5.91 Å². The number of carbonyl (C=O) groups is 2. The predicted molar refractivity (Wildman–Crippen MR) is 123 cm³/mol. The molecule has 0 bridgehead atoms. The molecule has 0 saturated carbocycles. The lowest BCUT2D eigenvalue weighted by molar-refractivity contribution is -0.384.